The van der Waals surface area contributed by atoms with Crippen molar-refractivity contribution in [1.82, 2.24) is 9.97 Å². The minimum atomic E-state index is -0.462. The predicted octanol–water partition coefficient (Wildman–Crippen LogP) is 2.78. The number of benzene rings is 1. The molecule has 0 bridgehead atoms. The Hall–Kier alpha value is -3.03. The van der Waals surface area contributed by atoms with Crippen LogP contribution in [0, 0.1) is 17.0 Å². The second kappa shape index (κ2) is 8.00. The van der Waals surface area contributed by atoms with E-state index in [1.54, 1.807) is 19.1 Å². The first-order valence-corrected chi connectivity index (χ1v) is 7.64. The lowest BCUT2D eigenvalue weighted by Crippen LogP contribution is -2.18. The average molecular weight is 329 g/mol. The van der Waals surface area contributed by atoms with Gasteiger partial charge in [-0.05, 0) is 37.5 Å². The maximum absolute atomic E-state index is 12.0. The third-order valence-electron chi connectivity index (χ3n) is 3.49. The molecule has 2 aromatic rings. The molecule has 8 heteroatoms. The summed E-state index contributed by atoms with van der Waals surface area (Å²) in [5.74, 6) is 0.260. The van der Waals surface area contributed by atoms with Crippen LogP contribution in [0.2, 0.25) is 0 Å². The number of rotatable bonds is 7. The zero-order chi connectivity index (χ0) is 17.5. The Labute approximate surface area is 138 Å². The standard InChI is InChI=1S/C16H19N5O3/c1-3-4-5-14-11(2)18-16(19-15(14)22)20-17-10-12-6-8-13(9-7-12)21(23)24/h6-10H,3-5H2,1-2H3,(H2,18,19,20,22)/b17-10-. The fourth-order valence-electron chi connectivity index (χ4n) is 2.16. The van der Waals surface area contributed by atoms with Gasteiger partial charge in [0.2, 0.25) is 5.95 Å². The zero-order valence-electron chi connectivity index (χ0n) is 13.6. The van der Waals surface area contributed by atoms with Crippen LogP contribution >= 0.6 is 0 Å². The van der Waals surface area contributed by atoms with Crippen molar-refractivity contribution in [1.29, 1.82) is 0 Å². The molecular weight excluding hydrogens is 310 g/mol. The van der Waals surface area contributed by atoms with Crippen LogP contribution in [0.5, 0.6) is 0 Å². The Morgan fingerprint density at radius 2 is 2.08 bits per heavy atom. The number of unbranched alkanes of at least 4 members (excludes halogenated alkanes) is 1. The highest BCUT2D eigenvalue weighted by atomic mass is 16.6. The summed E-state index contributed by atoms with van der Waals surface area (Å²) in [4.78, 5) is 29.1. The van der Waals surface area contributed by atoms with E-state index in [4.69, 9.17) is 0 Å². The van der Waals surface area contributed by atoms with Crippen molar-refractivity contribution >= 4 is 17.9 Å². The van der Waals surface area contributed by atoms with E-state index < -0.39 is 4.92 Å². The van der Waals surface area contributed by atoms with Gasteiger partial charge in [0.25, 0.3) is 11.2 Å². The van der Waals surface area contributed by atoms with Crippen LogP contribution < -0.4 is 11.0 Å². The Morgan fingerprint density at radius 3 is 2.67 bits per heavy atom. The summed E-state index contributed by atoms with van der Waals surface area (Å²) >= 11 is 0. The van der Waals surface area contributed by atoms with E-state index in [-0.39, 0.29) is 17.2 Å². The molecule has 1 aromatic carbocycles. The lowest BCUT2D eigenvalue weighted by Gasteiger charge is -2.06. The normalized spacial score (nSPS) is 10.9. The zero-order valence-corrected chi connectivity index (χ0v) is 13.6. The molecule has 8 nitrogen and oxygen atoms in total. The first kappa shape index (κ1) is 17.3. The molecule has 0 atom stereocenters. The molecule has 2 N–H and O–H groups in total. The number of hydrogen-bond acceptors (Lipinski definition) is 6. The molecule has 0 unspecified atom stereocenters. The summed E-state index contributed by atoms with van der Waals surface area (Å²) in [6.45, 7) is 3.87. The lowest BCUT2D eigenvalue weighted by molar-refractivity contribution is -0.384. The number of nitrogens with zero attached hydrogens (tertiary/aromatic N) is 3. The fourth-order valence-corrected chi connectivity index (χ4v) is 2.16. The monoisotopic (exact) mass is 329 g/mol. The third-order valence-corrected chi connectivity index (χ3v) is 3.49. The number of nitro benzene ring substituents is 1. The van der Waals surface area contributed by atoms with Gasteiger partial charge in [0.1, 0.15) is 0 Å². The molecule has 0 amide bonds. The van der Waals surface area contributed by atoms with Crippen LogP contribution in [0.3, 0.4) is 0 Å². The van der Waals surface area contributed by atoms with Crippen LogP contribution in [0.4, 0.5) is 11.6 Å². The Morgan fingerprint density at radius 1 is 1.38 bits per heavy atom. The topological polar surface area (TPSA) is 113 Å². The number of H-pyrrole nitrogens is 1. The highest BCUT2D eigenvalue weighted by molar-refractivity contribution is 5.80. The number of hydrogen-bond donors (Lipinski definition) is 2. The number of aromatic nitrogens is 2. The van der Waals surface area contributed by atoms with Crippen molar-refractivity contribution in [2.75, 3.05) is 5.43 Å². The van der Waals surface area contributed by atoms with Gasteiger partial charge in [-0.2, -0.15) is 5.10 Å². The molecule has 0 aliphatic rings. The molecule has 0 saturated carbocycles. The molecule has 126 valence electrons. The summed E-state index contributed by atoms with van der Waals surface area (Å²) in [6, 6.07) is 5.96. The van der Waals surface area contributed by atoms with E-state index >= 15 is 0 Å². The Kier molecular flexibility index (Phi) is 5.78. The molecule has 24 heavy (non-hydrogen) atoms. The van der Waals surface area contributed by atoms with E-state index in [0.717, 1.165) is 12.8 Å². The van der Waals surface area contributed by atoms with E-state index in [9.17, 15) is 14.9 Å². The molecule has 1 aromatic heterocycles. The molecule has 0 aliphatic carbocycles. The van der Waals surface area contributed by atoms with Crippen LogP contribution in [-0.4, -0.2) is 21.1 Å². The Balaban J connectivity index is 2.06. The maximum Gasteiger partial charge on any atom is 0.269 e. The quantitative estimate of drug-likeness (QED) is 0.460. The number of hydrazone groups is 1. The van der Waals surface area contributed by atoms with Crippen molar-refractivity contribution < 1.29 is 4.92 Å². The van der Waals surface area contributed by atoms with Crippen molar-refractivity contribution in [3.05, 3.63) is 61.6 Å². The second-order valence-electron chi connectivity index (χ2n) is 5.30. The molecule has 0 spiro atoms. The van der Waals surface area contributed by atoms with Gasteiger partial charge in [0.15, 0.2) is 0 Å². The first-order chi connectivity index (χ1) is 11.5. The van der Waals surface area contributed by atoms with Crippen molar-refractivity contribution in [3.8, 4) is 0 Å². The molecule has 0 saturated heterocycles. The number of non-ortho nitro benzene ring substituents is 1. The average Bonchev–Trinajstić information content (AvgIpc) is 2.54. The van der Waals surface area contributed by atoms with Crippen LogP contribution in [-0.2, 0) is 6.42 Å². The summed E-state index contributed by atoms with van der Waals surface area (Å²) in [5, 5.41) is 14.6. The summed E-state index contributed by atoms with van der Waals surface area (Å²) in [7, 11) is 0. The molecule has 0 fully saturated rings. The van der Waals surface area contributed by atoms with Gasteiger partial charge in [-0.15, -0.1) is 0 Å². The first-order valence-electron chi connectivity index (χ1n) is 7.64. The second-order valence-corrected chi connectivity index (χ2v) is 5.30. The number of aryl methyl sites for hydroxylation is 1. The summed E-state index contributed by atoms with van der Waals surface area (Å²) < 4.78 is 0. The number of nitrogens with one attached hydrogen (secondary N) is 2. The van der Waals surface area contributed by atoms with Crippen LogP contribution in [0.15, 0.2) is 34.2 Å². The van der Waals surface area contributed by atoms with Crippen molar-refractivity contribution in [3.63, 3.8) is 0 Å². The minimum Gasteiger partial charge on any atom is -0.291 e. The third kappa shape index (κ3) is 4.48. The fraction of sp³-hybridized carbons (Fsp3) is 0.312. The Bertz CT molecular complexity index is 796. The van der Waals surface area contributed by atoms with Gasteiger partial charge < -0.3 is 0 Å². The SMILES string of the molecule is CCCCc1c(C)nc(N/N=C\c2ccc([N+](=O)[O-])cc2)[nH]c1=O. The van der Waals surface area contributed by atoms with Gasteiger partial charge in [-0.3, -0.25) is 19.9 Å². The summed E-state index contributed by atoms with van der Waals surface area (Å²) in [5.41, 5.74) is 4.58. The molecule has 1 heterocycles. The highest BCUT2D eigenvalue weighted by Gasteiger charge is 2.07. The lowest BCUT2D eigenvalue weighted by atomic mass is 10.1. The number of anilines is 1. The minimum absolute atomic E-state index is 0.0180. The van der Waals surface area contributed by atoms with Gasteiger partial charge in [-0.1, -0.05) is 13.3 Å². The van der Waals surface area contributed by atoms with E-state index in [1.165, 1.54) is 18.3 Å². The smallest absolute Gasteiger partial charge is 0.269 e. The van der Waals surface area contributed by atoms with Crippen molar-refractivity contribution in [2.45, 2.75) is 33.1 Å². The molecule has 2 rings (SSSR count). The van der Waals surface area contributed by atoms with Gasteiger partial charge in [0, 0.05) is 23.4 Å². The van der Waals surface area contributed by atoms with Crippen LogP contribution in [0.25, 0.3) is 0 Å². The number of nitro groups is 1. The van der Waals surface area contributed by atoms with E-state index in [0.29, 0.717) is 23.2 Å². The number of aromatic amines is 1. The molecule has 0 radical (unpaired) electrons. The maximum atomic E-state index is 12.0. The van der Waals surface area contributed by atoms with E-state index in [1.807, 2.05) is 0 Å². The van der Waals surface area contributed by atoms with E-state index in [2.05, 4.69) is 27.4 Å². The highest BCUT2D eigenvalue weighted by Crippen LogP contribution is 2.11. The van der Waals surface area contributed by atoms with Gasteiger partial charge >= 0.3 is 0 Å². The van der Waals surface area contributed by atoms with Gasteiger partial charge in [0.05, 0.1) is 11.1 Å². The van der Waals surface area contributed by atoms with Gasteiger partial charge in [-0.25, -0.2) is 10.4 Å². The largest absolute Gasteiger partial charge is 0.291 e. The molecule has 0 aliphatic heterocycles. The van der Waals surface area contributed by atoms with Crippen molar-refractivity contribution in [2.24, 2.45) is 5.10 Å². The van der Waals surface area contributed by atoms with Crippen LogP contribution in [0.1, 0.15) is 36.6 Å². The predicted molar refractivity (Wildman–Crippen MR) is 92.5 cm³/mol. The summed E-state index contributed by atoms with van der Waals surface area (Å²) in [6.07, 6.45) is 4.15. The molecular formula is C16H19N5O3.